The lowest BCUT2D eigenvalue weighted by molar-refractivity contribution is 0.00455. The lowest BCUT2D eigenvalue weighted by atomic mass is 10.2. The maximum Gasteiger partial charge on any atom is 0.287 e. The van der Waals surface area contributed by atoms with E-state index in [1.807, 2.05) is 7.05 Å². The number of amides is 1. The molecule has 0 bridgehead atoms. The summed E-state index contributed by atoms with van der Waals surface area (Å²) in [6.07, 6.45) is 7.18. The molecule has 0 saturated heterocycles. The third kappa shape index (κ3) is 6.22. The molecule has 0 unspecified atom stereocenters. The minimum Gasteiger partial charge on any atom is -0.361 e. The van der Waals surface area contributed by atoms with Gasteiger partial charge in [0.15, 0.2) is 0 Å². The molecular formula is C14H21N5O. The van der Waals surface area contributed by atoms with Crippen LogP contribution in [0.1, 0.15) is 41.7 Å². The Hall–Kier alpha value is -2.04. The second kappa shape index (κ2) is 9.83. The molecule has 0 aromatic carbocycles. The summed E-state index contributed by atoms with van der Waals surface area (Å²) in [6, 6.07) is 3.25. The van der Waals surface area contributed by atoms with Crippen LogP contribution in [-0.2, 0) is 0 Å². The molecular weight excluding hydrogens is 254 g/mol. The number of hydrogen-bond donors (Lipinski definition) is 2. The van der Waals surface area contributed by atoms with Gasteiger partial charge in [0.1, 0.15) is 5.69 Å². The highest BCUT2D eigenvalue weighted by molar-refractivity contribution is 5.93. The monoisotopic (exact) mass is 275 g/mol. The van der Waals surface area contributed by atoms with Gasteiger partial charge in [0.05, 0.1) is 5.56 Å². The van der Waals surface area contributed by atoms with Crippen LogP contribution >= 0.6 is 0 Å². The molecule has 0 radical (unpaired) electrons. The van der Waals surface area contributed by atoms with Crippen molar-refractivity contribution in [3.05, 3.63) is 35.1 Å². The summed E-state index contributed by atoms with van der Waals surface area (Å²) in [4.78, 5) is 18.8. The quantitative estimate of drug-likeness (QED) is 0.307. The van der Waals surface area contributed by atoms with Gasteiger partial charge in [-0.05, 0) is 38.6 Å². The van der Waals surface area contributed by atoms with Crippen LogP contribution in [0.15, 0.2) is 18.3 Å². The van der Waals surface area contributed by atoms with Crippen molar-refractivity contribution >= 4 is 12.1 Å². The molecule has 20 heavy (non-hydrogen) atoms. The maximum atomic E-state index is 11.8. The zero-order chi connectivity index (χ0) is 14.6. The lowest BCUT2D eigenvalue weighted by Gasteiger charge is -2.05. The van der Waals surface area contributed by atoms with Crippen molar-refractivity contribution in [3.63, 3.8) is 0 Å². The standard InChI is InChI=1S/C14H21N5O/c1-16-7-4-2-3-5-8-18-14(20)13-10-12(11-19-15)6-9-17-13/h6,9-11,16H,2-5,7-8H2,1H3,(H,18,20). The Kier molecular flexibility index (Phi) is 7.87. The topological polar surface area (TPSA) is 90.4 Å². The second-order valence-corrected chi connectivity index (χ2v) is 4.49. The van der Waals surface area contributed by atoms with Gasteiger partial charge in [0.25, 0.3) is 12.1 Å². The van der Waals surface area contributed by atoms with E-state index in [2.05, 4.69) is 20.4 Å². The summed E-state index contributed by atoms with van der Waals surface area (Å²) in [5.41, 5.74) is 9.42. The number of pyridine rings is 1. The molecule has 0 saturated carbocycles. The molecule has 2 N–H and O–H groups in total. The van der Waals surface area contributed by atoms with Crippen LogP contribution in [0.25, 0.3) is 5.53 Å². The highest BCUT2D eigenvalue weighted by Crippen LogP contribution is 2.00. The van der Waals surface area contributed by atoms with E-state index in [4.69, 9.17) is 5.53 Å². The van der Waals surface area contributed by atoms with E-state index < -0.39 is 0 Å². The molecule has 1 heterocycles. The predicted octanol–water partition coefficient (Wildman–Crippen LogP) is 1.24. The fraction of sp³-hybridized carbons (Fsp3) is 0.500. The Morgan fingerprint density at radius 3 is 2.80 bits per heavy atom. The largest absolute Gasteiger partial charge is 0.361 e. The number of rotatable bonds is 9. The molecule has 1 aromatic heterocycles. The van der Waals surface area contributed by atoms with Gasteiger partial charge in [-0.2, -0.15) is 4.79 Å². The molecule has 1 aromatic rings. The summed E-state index contributed by atoms with van der Waals surface area (Å²) in [6.45, 7) is 1.69. The Balaban J connectivity index is 2.28. The van der Waals surface area contributed by atoms with Crippen molar-refractivity contribution in [1.82, 2.24) is 15.6 Å². The molecule has 1 amide bonds. The van der Waals surface area contributed by atoms with Crippen molar-refractivity contribution in [2.75, 3.05) is 20.1 Å². The highest BCUT2D eigenvalue weighted by Gasteiger charge is 2.07. The second-order valence-electron chi connectivity index (χ2n) is 4.49. The first-order valence-electron chi connectivity index (χ1n) is 6.84. The molecule has 0 aliphatic heterocycles. The van der Waals surface area contributed by atoms with Gasteiger partial charge in [0, 0.05) is 12.7 Å². The van der Waals surface area contributed by atoms with E-state index in [1.54, 1.807) is 12.1 Å². The number of unbranched alkanes of at least 4 members (excludes halogenated alkanes) is 3. The van der Waals surface area contributed by atoms with Gasteiger partial charge >= 0.3 is 0 Å². The van der Waals surface area contributed by atoms with Gasteiger partial charge < -0.3 is 16.2 Å². The van der Waals surface area contributed by atoms with Gasteiger partial charge in [-0.15, -0.1) is 0 Å². The number of nitrogens with one attached hydrogen (secondary N) is 2. The van der Waals surface area contributed by atoms with Crippen LogP contribution in [0.5, 0.6) is 0 Å². The first kappa shape index (κ1) is 16.0. The van der Waals surface area contributed by atoms with E-state index in [0.29, 0.717) is 17.8 Å². The van der Waals surface area contributed by atoms with Gasteiger partial charge in [-0.1, -0.05) is 12.8 Å². The van der Waals surface area contributed by atoms with E-state index in [-0.39, 0.29) is 5.91 Å². The third-order valence-corrected chi connectivity index (χ3v) is 2.86. The molecule has 1 rings (SSSR count). The van der Waals surface area contributed by atoms with Gasteiger partial charge in [-0.25, -0.2) is 0 Å². The Labute approximate surface area is 119 Å². The molecule has 0 spiro atoms. The van der Waals surface area contributed by atoms with Crippen molar-refractivity contribution in [2.24, 2.45) is 0 Å². The summed E-state index contributed by atoms with van der Waals surface area (Å²) >= 11 is 0. The average Bonchev–Trinajstić information content (AvgIpc) is 2.47. The molecule has 0 aliphatic carbocycles. The van der Waals surface area contributed by atoms with Crippen LogP contribution in [0, 0.1) is 0 Å². The Bertz CT molecular complexity index is 468. The van der Waals surface area contributed by atoms with Crippen LogP contribution in [0.4, 0.5) is 0 Å². The molecule has 108 valence electrons. The summed E-state index contributed by atoms with van der Waals surface area (Å²) in [5, 5.41) is 5.94. The normalized spacial score (nSPS) is 9.85. The predicted molar refractivity (Wildman–Crippen MR) is 77.8 cm³/mol. The van der Waals surface area contributed by atoms with Gasteiger partial charge in [-0.3, -0.25) is 9.78 Å². The Morgan fingerprint density at radius 2 is 2.10 bits per heavy atom. The molecule has 6 nitrogen and oxygen atoms in total. The third-order valence-electron chi connectivity index (χ3n) is 2.86. The first-order chi connectivity index (χ1) is 9.77. The summed E-state index contributed by atoms with van der Waals surface area (Å²) in [7, 11) is 1.95. The van der Waals surface area contributed by atoms with Crippen molar-refractivity contribution in [3.8, 4) is 0 Å². The van der Waals surface area contributed by atoms with E-state index in [1.165, 1.54) is 12.4 Å². The number of aromatic nitrogens is 1. The minimum absolute atomic E-state index is 0.201. The van der Waals surface area contributed by atoms with Crippen molar-refractivity contribution < 1.29 is 9.58 Å². The fourth-order valence-electron chi connectivity index (χ4n) is 1.79. The average molecular weight is 275 g/mol. The first-order valence-corrected chi connectivity index (χ1v) is 6.84. The maximum absolute atomic E-state index is 11.8. The number of nitrogens with zero attached hydrogens (tertiary/aromatic N) is 3. The van der Waals surface area contributed by atoms with Crippen molar-refractivity contribution in [1.29, 1.82) is 0 Å². The van der Waals surface area contributed by atoms with E-state index in [9.17, 15) is 4.79 Å². The van der Waals surface area contributed by atoms with E-state index >= 15 is 0 Å². The molecule has 0 atom stereocenters. The van der Waals surface area contributed by atoms with Crippen LogP contribution < -0.4 is 10.6 Å². The number of carbonyl (C=O) groups excluding carboxylic acids is 1. The zero-order valence-electron chi connectivity index (χ0n) is 11.8. The molecule has 0 aliphatic rings. The van der Waals surface area contributed by atoms with Crippen molar-refractivity contribution in [2.45, 2.75) is 25.7 Å². The SMILES string of the molecule is CNCCCCCCNC(=O)c1cc(C=[N+]=[N-])ccn1. The smallest absolute Gasteiger partial charge is 0.287 e. The number of carbonyl (C=O) groups is 1. The van der Waals surface area contributed by atoms with Crippen LogP contribution in [-0.4, -0.2) is 42.0 Å². The van der Waals surface area contributed by atoms with Crippen LogP contribution in [0.3, 0.4) is 0 Å². The summed E-state index contributed by atoms with van der Waals surface area (Å²) < 4.78 is 0. The van der Waals surface area contributed by atoms with E-state index in [0.717, 1.165) is 32.2 Å². The molecule has 0 fully saturated rings. The zero-order valence-corrected chi connectivity index (χ0v) is 11.8. The lowest BCUT2D eigenvalue weighted by Crippen LogP contribution is -2.25. The van der Waals surface area contributed by atoms with Gasteiger partial charge in [0.2, 0.25) is 0 Å². The summed E-state index contributed by atoms with van der Waals surface area (Å²) in [5.74, 6) is -0.201. The fourth-order valence-corrected chi connectivity index (χ4v) is 1.79. The minimum atomic E-state index is -0.201. The Morgan fingerprint density at radius 1 is 1.35 bits per heavy atom. The van der Waals surface area contributed by atoms with Crippen LogP contribution in [0.2, 0.25) is 0 Å². The molecule has 6 heteroatoms. The highest BCUT2D eigenvalue weighted by atomic mass is 16.1. The number of hydrogen-bond acceptors (Lipinski definition) is 3.